The number of hydrogen-bond acceptors (Lipinski definition) is 4. The van der Waals surface area contributed by atoms with Crippen molar-refractivity contribution < 1.29 is 18.7 Å². The van der Waals surface area contributed by atoms with Gasteiger partial charge in [0.05, 0.1) is 11.9 Å². The van der Waals surface area contributed by atoms with Crippen molar-refractivity contribution >= 4 is 38.6 Å². The summed E-state index contributed by atoms with van der Waals surface area (Å²) in [5.41, 5.74) is 1.60. The van der Waals surface area contributed by atoms with Crippen LogP contribution in [-0.2, 0) is 11.2 Å². The van der Waals surface area contributed by atoms with Crippen molar-refractivity contribution in [2.24, 2.45) is 0 Å². The maximum absolute atomic E-state index is 12.7. The molecular weight excluding hydrogens is 405 g/mol. The molecule has 3 aromatic rings. The molecule has 0 fully saturated rings. The molecule has 0 radical (unpaired) electrons. The second-order valence-corrected chi connectivity index (χ2v) is 6.89. The number of rotatable bonds is 4. The van der Waals surface area contributed by atoms with Crippen LogP contribution >= 0.6 is 15.9 Å². The van der Waals surface area contributed by atoms with E-state index in [1.807, 2.05) is 18.2 Å². The third-order valence-electron chi connectivity index (χ3n) is 4.05. The number of alkyl halides is 1. The Morgan fingerprint density at radius 1 is 1.31 bits per heavy atom. The maximum atomic E-state index is 12.7. The Hall–Kier alpha value is -2.61. The quantitative estimate of drug-likeness (QED) is 0.676. The molecule has 134 valence electrons. The number of carbonyl (C=O) groups is 1. The number of amides is 1. The number of nitrogens with zero attached hydrogens (tertiary/aromatic N) is 1. The first-order valence-corrected chi connectivity index (χ1v) is 8.83. The summed E-state index contributed by atoms with van der Waals surface area (Å²) >= 11 is 3.40. The van der Waals surface area contributed by atoms with Crippen molar-refractivity contribution in [1.29, 1.82) is 0 Å². The first-order chi connectivity index (χ1) is 12.6. The fourth-order valence-electron chi connectivity index (χ4n) is 2.79. The van der Waals surface area contributed by atoms with E-state index in [-0.39, 0.29) is 18.9 Å². The highest BCUT2D eigenvalue weighted by atomic mass is 79.9. The molecule has 6 nitrogen and oxygen atoms in total. The molecule has 2 aromatic carbocycles. The number of fused-ring (bicyclic) bond motifs is 2. The predicted molar refractivity (Wildman–Crippen MR) is 98.5 cm³/mol. The molecule has 26 heavy (non-hydrogen) atoms. The standard InChI is InChI=1S/C18H15BrFN3O3/c19-11-2-3-13-14(7-11)22-23-18(13)21-17(24)6-10-1-4-15-16(5-10)25-9-12(8-20)26-15/h1-5,7,12H,6,8-9H2,(H2,21,22,23,24). The molecule has 1 aromatic heterocycles. The first kappa shape index (κ1) is 16.8. The number of hydrogen-bond donors (Lipinski definition) is 2. The Bertz CT molecular complexity index is 975. The lowest BCUT2D eigenvalue weighted by molar-refractivity contribution is -0.115. The number of carbonyl (C=O) groups excluding carboxylic acids is 1. The van der Waals surface area contributed by atoms with Crippen molar-refractivity contribution in [3.63, 3.8) is 0 Å². The molecule has 1 unspecified atom stereocenters. The first-order valence-electron chi connectivity index (χ1n) is 8.04. The van der Waals surface area contributed by atoms with Gasteiger partial charge in [-0.3, -0.25) is 9.89 Å². The molecule has 1 atom stereocenters. The second-order valence-electron chi connectivity index (χ2n) is 5.97. The third-order valence-corrected chi connectivity index (χ3v) is 4.54. The van der Waals surface area contributed by atoms with Gasteiger partial charge in [0.1, 0.15) is 13.3 Å². The Morgan fingerprint density at radius 2 is 2.19 bits per heavy atom. The van der Waals surface area contributed by atoms with Gasteiger partial charge >= 0.3 is 0 Å². The molecule has 1 amide bonds. The molecular formula is C18H15BrFN3O3. The van der Waals surface area contributed by atoms with Gasteiger partial charge in [0.2, 0.25) is 5.91 Å². The fourth-order valence-corrected chi connectivity index (χ4v) is 3.15. The Labute approximate surface area is 156 Å². The van der Waals surface area contributed by atoms with E-state index in [9.17, 15) is 9.18 Å². The maximum Gasteiger partial charge on any atom is 0.230 e. The largest absolute Gasteiger partial charge is 0.486 e. The van der Waals surface area contributed by atoms with Crippen LogP contribution in [0.5, 0.6) is 11.5 Å². The highest BCUT2D eigenvalue weighted by Crippen LogP contribution is 2.33. The average molecular weight is 420 g/mol. The van der Waals surface area contributed by atoms with E-state index in [4.69, 9.17) is 9.47 Å². The number of H-pyrrole nitrogens is 1. The van der Waals surface area contributed by atoms with Crippen molar-refractivity contribution in [3.05, 3.63) is 46.4 Å². The Morgan fingerprint density at radius 3 is 3.04 bits per heavy atom. The van der Waals surface area contributed by atoms with Gasteiger partial charge in [-0.15, -0.1) is 0 Å². The molecule has 4 rings (SSSR count). The summed E-state index contributed by atoms with van der Waals surface area (Å²) in [5, 5.41) is 10.7. The van der Waals surface area contributed by atoms with Crippen molar-refractivity contribution in [2.45, 2.75) is 12.5 Å². The lowest BCUT2D eigenvalue weighted by Crippen LogP contribution is -2.30. The SMILES string of the molecule is O=C(Cc1ccc2c(c1)OCC(CF)O2)Nc1n[nH]c2cc(Br)ccc12. The molecule has 2 heterocycles. The van der Waals surface area contributed by atoms with Crippen LogP contribution in [0.4, 0.5) is 10.2 Å². The van der Waals surface area contributed by atoms with Crippen LogP contribution in [0.3, 0.4) is 0 Å². The monoisotopic (exact) mass is 419 g/mol. The molecule has 0 aliphatic carbocycles. The van der Waals surface area contributed by atoms with Gasteiger partial charge in [0, 0.05) is 9.86 Å². The summed E-state index contributed by atoms with van der Waals surface area (Å²) in [7, 11) is 0. The normalized spacial score (nSPS) is 15.8. The summed E-state index contributed by atoms with van der Waals surface area (Å²) in [5.74, 6) is 1.31. The smallest absolute Gasteiger partial charge is 0.230 e. The van der Waals surface area contributed by atoms with Crippen LogP contribution in [0.25, 0.3) is 10.9 Å². The van der Waals surface area contributed by atoms with E-state index in [1.165, 1.54) is 0 Å². The predicted octanol–water partition coefficient (Wildman–Crippen LogP) is 3.62. The van der Waals surface area contributed by atoms with Gasteiger partial charge < -0.3 is 14.8 Å². The van der Waals surface area contributed by atoms with Crippen molar-refractivity contribution in [1.82, 2.24) is 10.2 Å². The third kappa shape index (κ3) is 3.37. The van der Waals surface area contributed by atoms with E-state index in [0.29, 0.717) is 17.3 Å². The van der Waals surface area contributed by atoms with E-state index in [1.54, 1.807) is 18.2 Å². The number of aromatic amines is 1. The topological polar surface area (TPSA) is 76.2 Å². The van der Waals surface area contributed by atoms with Crippen LogP contribution in [0.2, 0.25) is 0 Å². The zero-order valence-electron chi connectivity index (χ0n) is 13.6. The van der Waals surface area contributed by atoms with Crippen molar-refractivity contribution in [2.75, 3.05) is 18.6 Å². The fraction of sp³-hybridized carbons (Fsp3) is 0.222. The number of ether oxygens (including phenoxy) is 2. The molecule has 0 saturated carbocycles. The van der Waals surface area contributed by atoms with Crippen LogP contribution in [0, 0.1) is 0 Å². The highest BCUT2D eigenvalue weighted by Gasteiger charge is 2.21. The summed E-state index contributed by atoms with van der Waals surface area (Å²) < 4.78 is 24.6. The van der Waals surface area contributed by atoms with Gasteiger partial charge in [-0.1, -0.05) is 22.0 Å². The van der Waals surface area contributed by atoms with Crippen LogP contribution < -0.4 is 14.8 Å². The molecule has 2 N–H and O–H groups in total. The second kappa shape index (κ2) is 6.95. The molecule has 1 aliphatic rings. The summed E-state index contributed by atoms with van der Waals surface area (Å²) in [6, 6.07) is 10.9. The molecule has 1 aliphatic heterocycles. The van der Waals surface area contributed by atoms with Gasteiger partial charge in [-0.2, -0.15) is 5.10 Å². The minimum atomic E-state index is -0.599. The number of benzene rings is 2. The molecule has 0 bridgehead atoms. The highest BCUT2D eigenvalue weighted by molar-refractivity contribution is 9.10. The van der Waals surface area contributed by atoms with E-state index < -0.39 is 12.8 Å². The lowest BCUT2D eigenvalue weighted by Gasteiger charge is -2.24. The number of nitrogens with one attached hydrogen (secondary N) is 2. The van der Waals surface area contributed by atoms with E-state index >= 15 is 0 Å². The Kier molecular flexibility index (Phi) is 4.50. The summed E-state index contributed by atoms with van der Waals surface area (Å²) in [6.07, 6.45) is -0.418. The van der Waals surface area contributed by atoms with Crippen LogP contribution in [0.1, 0.15) is 5.56 Å². The van der Waals surface area contributed by atoms with Gasteiger partial charge in [0.15, 0.2) is 23.4 Å². The van der Waals surface area contributed by atoms with Gasteiger partial charge in [-0.25, -0.2) is 4.39 Å². The van der Waals surface area contributed by atoms with E-state index in [0.717, 1.165) is 20.9 Å². The summed E-state index contributed by atoms with van der Waals surface area (Å²) in [4.78, 5) is 12.4. The van der Waals surface area contributed by atoms with Crippen molar-refractivity contribution in [3.8, 4) is 11.5 Å². The number of aromatic nitrogens is 2. The average Bonchev–Trinajstić information content (AvgIpc) is 3.02. The van der Waals surface area contributed by atoms with Crippen LogP contribution in [-0.4, -0.2) is 35.5 Å². The molecule has 8 heteroatoms. The number of anilines is 1. The lowest BCUT2D eigenvalue weighted by atomic mass is 10.1. The zero-order chi connectivity index (χ0) is 18.1. The molecule has 0 spiro atoms. The Balaban J connectivity index is 1.46. The minimum absolute atomic E-state index is 0.161. The zero-order valence-corrected chi connectivity index (χ0v) is 15.2. The van der Waals surface area contributed by atoms with E-state index in [2.05, 4.69) is 31.4 Å². The van der Waals surface area contributed by atoms with Gasteiger partial charge in [-0.05, 0) is 35.9 Å². The van der Waals surface area contributed by atoms with Gasteiger partial charge in [0.25, 0.3) is 0 Å². The minimum Gasteiger partial charge on any atom is -0.486 e. The number of halogens is 2. The summed E-state index contributed by atoms with van der Waals surface area (Å²) in [6.45, 7) is -0.439. The molecule has 0 saturated heterocycles. The van der Waals surface area contributed by atoms with Crippen LogP contribution in [0.15, 0.2) is 40.9 Å².